The number of hydrogen-bond acceptors (Lipinski definition) is 4. The van der Waals surface area contributed by atoms with E-state index < -0.39 is 5.82 Å². The van der Waals surface area contributed by atoms with Crippen molar-refractivity contribution < 1.29 is 13.9 Å². The molecule has 4 nitrogen and oxygen atoms in total. The van der Waals surface area contributed by atoms with E-state index in [1.807, 2.05) is 24.3 Å². The molecule has 6 heteroatoms. The van der Waals surface area contributed by atoms with Crippen LogP contribution in [0.4, 0.5) is 9.52 Å². The van der Waals surface area contributed by atoms with E-state index in [9.17, 15) is 9.18 Å². The first kappa shape index (κ1) is 16.4. The number of anilines is 1. The molecule has 3 rings (SSSR count). The average Bonchev–Trinajstić information content (AvgIpc) is 2.97. The van der Waals surface area contributed by atoms with E-state index >= 15 is 0 Å². The lowest BCUT2D eigenvalue weighted by atomic mass is 10.0. The van der Waals surface area contributed by atoms with Crippen molar-refractivity contribution in [2.24, 2.45) is 0 Å². The van der Waals surface area contributed by atoms with E-state index in [2.05, 4.69) is 24.1 Å². The van der Waals surface area contributed by atoms with Crippen LogP contribution in [0.15, 0.2) is 42.5 Å². The van der Waals surface area contributed by atoms with Crippen LogP contribution >= 0.6 is 11.3 Å². The monoisotopic (exact) mass is 344 g/mol. The number of rotatable bonds is 5. The lowest BCUT2D eigenvalue weighted by Gasteiger charge is -2.08. The maximum Gasteiger partial charge on any atom is 0.264 e. The van der Waals surface area contributed by atoms with Crippen LogP contribution in [-0.2, 0) is 4.79 Å². The molecule has 0 aliphatic rings. The van der Waals surface area contributed by atoms with Crippen molar-refractivity contribution in [3.63, 3.8) is 0 Å². The number of hydrogen-bond donors (Lipinski definition) is 1. The van der Waals surface area contributed by atoms with Crippen molar-refractivity contribution in [2.45, 2.75) is 19.8 Å². The van der Waals surface area contributed by atoms with Gasteiger partial charge in [0.05, 0.1) is 4.70 Å². The number of amides is 1. The molecule has 0 aliphatic heterocycles. The molecule has 1 N–H and O–H groups in total. The Balaban J connectivity index is 1.59. The lowest BCUT2D eigenvalue weighted by Crippen LogP contribution is -2.20. The van der Waals surface area contributed by atoms with E-state index in [1.54, 1.807) is 12.1 Å². The van der Waals surface area contributed by atoms with Crippen molar-refractivity contribution in [3.8, 4) is 5.75 Å². The van der Waals surface area contributed by atoms with Crippen LogP contribution in [0, 0.1) is 5.82 Å². The predicted molar refractivity (Wildman–Crippen MR) is 94.2 cm³/mol. The molecule has 124 valence electrons. The first-order chi connectivity index (χ1) is 11.5. The fourth-order valence-corrected chi connectivity index (χ4v) is 3.12. The summed E-state index contributed by atoms with van der Waals surface area (Å²) < 4.78 is 19.8. The van der Waals surface area contributed by atoms with E-state index in [-0.39, 0.29) is 18.0 Å². The van der Waals surface area contributed by atoms with Crippen molar-refractivity contribution in [1.29, 1.82) is 0 Å². The van der Waals surface area contributed by atoms with Crippen LogP contribution in [-0.4, -0.2) is 17.5 Å². The summed E-state index contributed by atoms with van der Waals surface area (Å²) >= 11 is 1.23. The van der Waals surface area contributed by atoms with Crippen LogP contribution in [0.3, 0.4) is 0 Å². The van der Waals surface area contributed by atoms with Crippen molar-refractivity contribution >= 4 is 32.6 Å². The Kier molecular flexibility index (Phi) is 4.76. The van der Waals surface area contributed by atoms with Gasteiger partial charge in [0.15, 0.2) is 11.7 Å². The first-order valence-corrected chi connectivity index (χ1v) is 8.42. The quantitative estimate of drug-likeness (QED) is 0.737. The van der Waals surface area contributed by atoms with Crippen LogP contribution in [0.2, 0.25) is 0 Å². The average molecular weight is 344 g/mol. The van der Waals surface area contributed by atoms with Gasteiger partial charge in [-0.15, -0.1) is 0 Å². The number of carbonyl (C=O) groups is 1. The molecule has 0 spiro atoms. The molecule has 24 heavy (non-hydrogen) atoms. The Hall–Kier alpha value is -2.47. The molecule has 1 aromatic heterocycles. The summed E-state index contributed by atoms with van der Waals surface area (Å²) in [6.45, 7) is 4.10. The molecule has 0 aliphatic carbocycles. The minimum Gasteiger partial charge on any atom is -0.484 e. The highest BCUT2D eigenvalue weighted by molar-refractivity contribution is 7.22. The highest BCUT2D eigenvalue weighted by atomic mass is 32.1. The molecule has 2 aromatic carbocycles. The highest BCUT2D eigenvalue weighted by Crippen LogP contribution is 2.27. The highest BCUT2D eigenvalue weighted by Gasteiger charge is 2.11. The number of halogens is 1. The smallest absolute Gasteiger partial charge is 0.264 e. The van der Waals surface area contributed by atoms with Gasteiger partial charge in [-0.05, 0) is 35.7 Å². The zero-order valence-corrected chi connectivity index (χ0v) is 14.2. The standard InChI is InChI=1S/C18H17FN2O2S/c1-11(2)12-6-8-13(9-7-12)23-10-16(22)20-18-21-17-14(19)4-3-5-15(17)24-18/h3-9,11H,10H2,1-2H3,(H,20,21,22). The van der Waals surface area contributed by atoms with E-state index in [4.69, 9.17) is 4.74 Å². The Morgan fingerprint density at radius 2 is 2.00 bits per heavy atom. The number of aromatic nitrogens is 1. The van der Waals surface area contributed by atoms with E-state index in [1.165, 1.54) is 23.0 Å². The Labute approximate surface area is 143 Å². The van der Waals surface area contributed by atoms with Gasteiger partial charge in [0, 0.05) is 0 Å². The minimum atomic E-state index is -0.397. The lowest BCUT2D eigenvalue weighted by molar-refractivity contribution is -0.118. The second kappa shape index (κ2) is 6.97. The predicted octanol–water partition coefficient (Wildman–Crippen LogP) is 4.58. The number of nitrogens with zero attached hydrogens (tertiary/aromatic N) is 1. The molecular formula is C18H17FN2O2S. The van der Waals surface area contributed by atoms with Crippen LogP contribution in [0.5, 0.6) is 5.75 Å². The van der Waals surface area contributed by atoms with Gasteiger partial charge < -0.3 is 4.74 Å². The van der Waals surface area contributed by atoms with Gasteiger partial charge in [-0.2, -0.15) is 0 Å². The van der Waals surface area contributed by atoms with Crippen molar-refractivity contribution in [3.05, 3.63) is 53.8 Å². The fourth-order valence-electron chi connectivity index (χ4n) is 2.22. The van der Waals surface area contributed by atoms with Gasteiger partial charge in [-0.1, -0.05) is 43.4 Å². The molecular weight excluding hydrogens is 327 g/mol. The summed E-state index contributed by atoms with van der Waals surface area (Å²) in [7, 11) is 0. The third-order valence-electron chi connectivity index (χ3n) is 3.53. The number of benzene rings is 2. The number of nitrogens with one attached hydrogen (secondary N) is 1. The van der Waals surface area contributed by atoms with Gasteiger partial charge >= 0.3 is 0 Å². The maximum absolute atomic E-state index is 13.6. The Morgan fingerprint density at radius 3 is 2.67 bits per heavy atom. The van der Waals surface area contributed by atoms with Gasteiger partial charge in [0.25, 0.3) is 5.91 Å². The molecule has 0 saturated heterocycles. The molecule has 0 atom stereocenters. The summed E-state index contributed by atoms with van der Waals surface area (Å²) in [4.78, 5) is 16.1. The summed E-state index contributed by atoms with van der Waals surface area (Å²) in [5, 5.41) is 3.00. The summed E-state index contributed by atoms with van der Waals surface area (Å²) in [6.07, 6.45) is 0. The topological polar surface area (TPSA) is 51.2 Å². The second-order valence-electron chi connectivity index (χ2n) is 5.67. The summed E-state index contributed by atoms with van der Waals surface area (Å²) in [6, 6.07) is 12.4. The van der Waals surface area contributed by atoms with E-state index in [0.29, 0.717) is 21.5 Å². The molecule has 0 fully saturated rings. The largest absolute Gasteiger partial charge is 0.484 e. The minimum absolute atomic E-state index is 0.126. The van der Waals surface area contributed by atoms with Gasteiger partial charge in [0.1, 0.15) is 17.1 Å². The number of para-hydroxylation sites is 1. The Bertz CT molecular complexity index is 859. The third-order valence-corrected chi connectivity index (χ3v) is 4.47. The first-order valence-electron chi connectivity index (χ1n) is 7.60. The molecule has 0 unspecified atom stereocenters. The van der Waals surface area contributed by atoms with Crippen LogP contribution in [0.1, 0.15) is 25.3 Å². The van der Waals surface area contributed by atoms with Gasteiger partial charge in [-0.3, -0.25) is 10.1 Å². The molecule has 0 radical (unpaired) electrons. The zero-order valence-electron chi connectivity index (χ0n) is 13.4. The third kappa shape index (κ3) is 3.71. The second-order valence-corrected chi connectivity index (χ2v) is 6.70. The van der Waals surface area contributed by atoms with Gasteiger partial charge in [-0.25, -0.2) is 9.37 Å². The fraction of sp³-hybridized carbons (Fsp3) is 0.222. The maximum atomic E-state index is 13.6. The molecule has 3 aromatic rings. The van der Waals surface area contributed by atoms with Crippen molar-refractivity contribution in [2.75, 3.05) is 11.9 Å². The molecule has 0 bridgehead atoms. The normalized spacial score (nSPS) is 11.0. The Morgan fingerprint density at radius 1 is 1.25 bits per heavy atom. The number of fused-ring (bicyclic) bond motifs is 1. The number of thiazole rings is 1. The van der Waals surface area contributed by atoms with Crippen LogP contribution < -0.4 is 10.1 Å². The van der Waals surface area contributed by atoms with E-state index in [0.717, 1.165) is 0 Å². The molecule has 1 heterocycles. The van der Waals surface area contributed by atoms with Crippen LogP contribution in [0.25, 0.3) is 10.2 Å². The number of carbonyl (C=O) groups excluding carboxylic acids is 1. The number of ether oxygens (including phenoxy) is 1. The SMILES string of the molecule is CC(C)c1ccc(OCC(=O)Nc2nc3c(F)cccc3s2)cc1. The summed E-state index contributed by atoms with van der Waals surface area (Å²) in [5.41, 5.74) is 1.48. The van der Waals surface area contributed by atoms with Gasteiger partial charge in [0.2, 0.25) is 0 Å². The summed E-state index contributed by atoms with van der Waals surface area (Å²) in [5.74, 6) is 0.347. The van der Waals surface area contributed by atoms with Crippen molar-refractivity contribution in [1.82, 2.24) is 4.98 Å². The molecule has 0 saturated carbocycles. The molecule has 1 amide bonds. The zero-order chi connectivity index (χ0) is 17.1.